The van der Waals surface area contributed by atoms with Gasteiger partial charge in [0.25, 0.3) is 0 Å². The standard InChI is InChI=1S/C12H18N2O2S/c1-3-13-12(17)14-5-4-9-7-11(16)10(15)6-8(9)2/h6-7,15-16H,3-5H2,1-2H3,(H2,13,14,17). The van der Waals surface area contributed by atoms with E-state index in [-0.39, 0.29) is 11.5 Å². The minimum Gasteiger partial charge on any atom is -0.504 e. The first-order chi connectivity index (χ1) is 8.04. The predicted octanol–water partition coefficient (Wildman–Crippen LogP) is 1.43. The zero-order valence-corrected chi connectivity index (χ0v) is 10.9. The summed E-state index contributed by atoms with van der Waals surface area (Å²) in [5.74, 6) is -0.165. The summed E-state index contributed by atoms with van der Waals surface area (Å²) in [6.45, 7) is 5.37. The van der Waals surface area contributed by atoms with Crippen LogP contribution in [0.2, 0.25) is 0 Å². The number of aryl methyl sites for hydroxylation is 1. The van der Waals surface area contributed by atoms with Gasteiger partial charge in [0.2, 0.25) is 0 Å². The average molecular weight is 254 g/mol. The van der Waals surface area contributed by atoms with Crippen LogP contribution in [0.1, 0.15) is 18.1 Å². The molecule has 0 saturated carbocycles. The molecule has 1 aromatic carbocycles. The predicted molar refractivity (Wildman–Crippen MR) is 72.5 cm³/mol. The molecule has 0 amide bonds. The number of phenols is 2. The van der Waals surface area contributed by atoms with Crippen molar-refractivity contribution in [2.75, 3.05) is 13.1 Å². The fourth-order valence-electron chi connectivity index (χ4n) is 1.53. The quantitative estimate of drug-likeness (QED) is 0.484. The Bertz CT molecular complexity index is 408. The third-order valence-corrected chi connectivity index (χ3v) is 2.74. The van der Waals surface area contributed by atoms with Gasteiger partial charge in [-0.1, -0.05) is 0 Å². The molecule has 0 radical (unpaired) electrons. The summed E-state index contributed by atoms with van der Waals surface area (Å²) in [7, 11) is 0. The van der Waals surface area contributed by atoms with E-state index in [0.717, 1.165) is 24.1 Å². The van der Waals surface area contributed by atoms with Crippen molar-refractivity contribution >= 4 is 17.3 Å². The van der Waals surface area contributed by atoms with Crippen LogP contribution in [0.3, 0.4) is 0 Å². The highest BCUT2D eigenvalue weighted by molar-refractivity contribution is 7.80. The molecule has 0 aliphatic carbocycles. The SMILES string of the molecule is CCNC(=S)NCCc1cc(O)c(O)cc1C. The van der Waals surface area contributed by atoms with Gasteiger partial charge in [0.05, 0.1) is 0 Å². The molecule has 1 aromatic rings. The van der Waals surface area contributed by atoms with Crippen LogP contribution >= 0.6 is 12.2 Å². The highest BCUT2D eigenvalue weighted by Gasteiger charge is 2.05. The lowest BCUT2D eigenvalue weighted by Gasteiger charge is -2.11. The van der Waals surface area contributed by atoms with Crippen molar-refractivity contribution in [1.82, 2.24) is 10.6 Å². The number of nitrogens with one attached hydrogen (secondary N) is 2. The average Bonchev–Trinajstić information content (AvgIpc) is 2.26. The van der Waals surface area contributed by atoms with E-state index in [0.29, 0.717) is 11.7 Å². The van der Waals surface area contributed by atoms with Gasteiger partial charge in [0.15, 0.2) is 16.6 Å². The van der Waals surface area contributed by atoms with Crippen molar-refractivity contribution in [2.24, 2.45) is 0 Å². The van der Waals surface area contributed by atoms with Crippen LogP contribution in [0, 0.1) is 6.92 Å². The van der Waals surface area contributed by atoms with Crippen molar-refractivity contribution in [3.05, 3.63) is 23.3 Å². The molecule has 0 fully saturated rings. The molecule has 0 bridgehead atoms. The first kappa shape index (κ1) is 13.6. The van der Waals surface area contributed by atoms with Gasteiger partial charge in [-0.25, -0.2) is 0 Å². The van der Waals surface area contributed by atoms with Crippen molar-refractivity contribution in [3.8, 4) is 11.5 Å². The number of rotatable bonds is 4. The number of phenolic OH excluding ortho intramolecular Hbond substituents is 2. The largest absolute Gasteiger partial charge is 0.504 e. The van der Waals surface area contributed by atoms with Crippen molar-refractivity contribution in [1.29, 1.82) is 0 Å². The van der Waals surface area contributed by atoms with E-state index in [4.69, 9.17) is 12.2 Å². The van der Waals surface area contributed by atoms with Gasteiger partial charge in [0, 0.05) is 13.1 Å². The van der Waals surface area contributed by atoms with Crippen molar-refractivity contribution in [2.45, 2.75) is 20.3 Å². The minimum absolute atomic E-state index is 0.0811. The monoisotopic (exact) mass is 254 g/mol. The maximum Gasteiger partial charge on any atom is 0.166 e. The van der Waals surface area contributed by atoms with Crippen LogP contribution in [-0.4, -0.2) is 28.4 Å². The molecule has 0 aliphatic heterocycles. The molecular formula is C12H18N2O2S. The maximum absolute atomic E-state index is 9.41. The molecule has 17 heavy (non-hydrogen) atoms. The van der Waals surface area contributed by atoms with Crippen LogP contribution in [0.4, 0.5) is 0 Å². The van der Waals surface area contributed by atoms with Gasteiger partial charge in [-0.3, -0.25) is 0 Å². The normalized spacial score (nSPS) is 10.0. The molecule has 0 aromatic heterocycles. The summed E-state index contributed by atoms with van der Waals surface area (Å²) < 4.78 is 0. The third kappa shape index (κ3) is 4.11. The summed E-state index contributed by atoms with van der Waals surface area (Å²) >= 11 is 5.04. The second kappa shape index (κ2) is 6.30. The lowest BCUT2D eigenvalue weighted by Crippen LogP contribution is -2.36. The van der Waals surface area contributed by atoms with Crippen LogP contribution < -0.4 is 10.6 Å². The third-order valence-electron chi connectivity index (χ3n) is 2.45. The highest BCUT2D eigenvalue weighted by Crippen LogP contribution is 2.27. The summed E-state index contributed by atoms with van der Waals surface area (Å²) in [5.41, 5.74) is 1.95. The maximum atomic E-state index is 9.41. The molecule has 94 valence electrons. The molecule has 0 saturated heterocycles. The summed E-state index contributed by atoms with van der Waals surface area (Å²) in [5, 5.41) is 25.4. The van der Waals surface area contributed by atoms with E-state index in [1.807, 2.05) is 13.8 Å². The number of hydrogen-bond donors (Lipinski definition) is 4. The van der Waals surface area contributed by atoms with Gasteiger partial charge in [-0.2, -0.15) is 0 Å². The molecule has 4 N–H and O–H groups in total. The summed E-state index contributed by atoms with van der Waals surface area (Å²) in [6, 6.07) is 3.15. The lowest BCUT2D eigenvalue weighted by atomic mass is 10.0. The first-order valence-corrected chi connectivity index (χ1v) is 5.98. The Kier molecular flexibility index (Phi) is 5.03. The number of thiocarbonyl (C=S) groups is 1. The fraction of sp³-hybridized carbons (Fsp3) is 0.417. The van der Waals surface area contributed by atoms with Gasteiger partial charge < -0.3 is 20.8 Å². The van der Waals surface area contributed by atoms with Gasteiger partial charge in [-0.15, -0.1) is 0 Å². The van der Waals surface area contributed by atoms with E-state index in [9.17, 15) is 10.2 Å². The van der Waals surface area contributed by atoms with E-state index in [2.05, 4.69) is 10.6 Å². The van der Waals surface area contributed by atoms with E-state index in [1.165, 1.54) is 0 Å². The Labute approximate surface area is 107 Å². The molecule has 1 rings (SSSR count). The molecule has 0 heterocycles. The van der Waals surface area contributed by atoms with E-state index >= 15 is 0 Å². The van der Waals surface area contributed by atoms with Crippen molar-refractivity contribution in [3.63, 3.8) is 0 Å². The highest BCUT2D eigenvalue weighted by atomic mass is 32.1. The molecule has 4 nitrogen and oxygen atoms in total. The Balaban J connectivity index is 2.52. The molecular weight excluding hydrogens is 236 g/mol. The fourth-order valence-corrected chi connectivity index (χ4v) is 1.77. The Morgan fingerprint density at radius 3 is 2.53 bits per heavy atom. The summed E-state index contributed by atoms with van der Waals surface area (Å²) in [4.78, 5) is 0. The molecule has 0 unspecified atom stereocenters. The van der Waals surface area contributed by atoms with Crippen molar-refractivity contribution < 1.29 is 10.2 Å². The topological polar surface area (TPSA) is 64.5 Å². The zero-order valence-electron chi connectivity index (χ0n) is 10.1. The van der Waals surface area contributed by atoms with Crippen LogP contribution in [0.15, 0.2) is 12.1 Å². The second-order valence-electron chi connectivity index (χ2n) is 3.80. The second-order valence-corrected chi connectivity index (χ2v) is 4.21. The number of hydrogen-bond acceptors (Lipinski definition) is 3. The number of aromatic hydroxyl groups is 2. The van der Waals surface area contributed by atoms with Gasteiger partial charge in [0.1, 0.15) is 0 Å². The molecule has 0 spiro atoms. The van der Waals surface area contributed by atoms with Crippen LogP contribution in [0.5, 0.6) is 11.5 Å². The molecule has 0 aliphatic rings. The van der Waals surface area contributed by atoms with Crippen LogP contribution in [-0.2, 0) is 6.42 Å². The zero-order chi connectivity index (χ0) is 12.8. The van der Waals surface area contributed by atoms with E-state index in [1.54, 1.807) is 12.1 Å². The molecule has 5 heteroatoms. The Hall–Kier alpha value is -1.49. The minimum atomic E-state index is -0.0835. The first-order valence-electron chi connectivity index (χ1n) is 5.57. The molecule has 0 atom stereocenters. The Morgan fingerprint density at radius 2 is 1.88 bits per heavy atom. The van der Waals surface area contributed by atoms with Crippen LogP contribution in [0.25, 0.3) is 0 Å². The lowest BCUT2D eigenvalue weighted by molar-refractivity contribution is 0.402. The number of benzene rings is 1. The summed E-state index contributed by atoms with van der Waals surface area (Å²) in [6.07, 6.45) is 0.741. The Morgan fingerprint density at radius 1 is 1.24 bits per heavy atom. The van der Waals surface area contributed by atoms with E-state index < -0.39 is 0 Å². The van der Waals surface area contributed by atoms with Gasteiger partial charge >= 0.3 is 0 Å². The smallest absolute Gasteiger partial charge is 0.166 e. The van der Waals surface area contributed by atoms with Gasteiger partial charge in [-0.05, 0) is 55.7 Å².